The SMILES string of the molecule is CCSc1nnc2c(n1)O[C@H](c1ccc(-c3ccc(F)cc3)o1)N(C(C)=O)c1ccccc1-2. The first-order valence-corrected chi connectivity index (χ1v) is 11.3. The lowest BCUT2D eigenvalue weighted by atomic mass is 10.1. The zero-order valence-electron chi connectivity index (χ0n) is 17.9. The van der Waals surface area contributed by atoms with Gasteiger partial charge in [-0.3, -0.25) is 9.69 Å². The number of hydrogen-bond acceptors (Lipinski definition) is 7. The molecule has 0 saturated carbocycles. The average Bonchev–Trinajstić information content (AvgIpc) is 3.24. The number of benzene rings is 2. The van der Waals surface area contributed by atoms with Gasteiger partial charge in [-0.1, -0.05) is 36.9 Å². The monoisotopic (exact) mass is 462 g/mol. The van der Waals surface area contributed by atoms with E-state index in [1.807, 2.05) is 31.2 Å². The van der Waals surface area contributed by atoms with Crippen molar-refractivity contribution in [2.45, 2.75) is 25.2 Å². The third-order valence-electron chi connectivity index (χ3n) is 5.12. The normalized spacial score (nSPS) is 14.8. The molecule has 1 amide bonds. The summed E-state index contributed by atoms with van der Waals surface area (Å²) in [5.41, 5.74) is 2.45. The highest BCUT2D eigenvalue weighted by Gasteiger charge is 2.36. The number of furan rings is 1. The second kappa shape index (κ2) is 8.67. The zero-order valence-corrected chi connectivity index (χ0v) is 18.7. The third kappa shape index (κ3) is 3.95. The van der Waals surface area contributed by atoms with Crippen molar-refractivity contribution in [2.75, 3.05) is 10.7 Å². The number of carbonyl (C=O) groups excluding carboxylic acids is 1. The third-order valence-corrected chi connectivity index (χ3v) is 5.84. The molecule has 5 rings (SSSR count). The molecule has 0 unspecified atom stereocenters. The Morgan fingerprint density at radius 2 is 1.88 bits per heavy atom. The summed E-state index contributed by atoms with van der Waals surface area (Å²) in [4.78, 5) is 18.9. The maximum Gasteiger partial charge on any atom is 0.247 e. The Hall–Kier alpha value is -3.72. The minimum atomic E-state index is -0.921. The van der Waals surface area contributed by atoms with Gasteiger partial charge in [0.2, 0.25) is 23.2 Å². The van der Waals surface area contributed by atoms with Gasteiger partial charge >= 0.3 is 0 Å². The molecule has 1 atom stereocenters. The summed E-state index contributed by atoms with van der Waals surface area (Å²) < 4.78 is 25.7. The van der Waals surface area contributed by atoms with Crippen LogP contribution in [0.1, 0.15) is 25.8 Å². The molecule has 33 heavy (non-hydrogen) atoms. The van der Waals surface area contributed by atoms with E-state index in [0.29, 0.717) is 39.2 Å². The van der Waals surface area contributed by atoms with Crippen LogP contribution in [0.15, 0.2) is 70.2 Å². The van der Waals surface area contributed by atoms with Crippen molar-refractivity contribution >= 4 is 23.4 Å². The molecule has 0 N–H and O–H groups in total. The summed E-state index contributed by atoms with van der Waals surface area (Å²) >= 11 is 1.44. The minimum Gasteiger partial charge on any atom is -0.455 e. The standard InChI is InChI=1S/C24H19FN4O3S/c1-3-33-24-26-22-21(27-28-24)17-6-4-5-7-18(17)29(14(2)30)23(32-22)20-13-12-19(31-20)15-8-10-16(25)11-9-15/h4-13,23H,3H2,1-2H3/t23-/m1/s1. The van der Waals surface area contributed by atoms with Crippen molar-refractivity contribution in [1.29, 1.82) is 0 Å². The fourth-order valence-electron chi connectivity index (χ4n) is 3.68. The maximum absolute atomic E-state index is 13.3. The van der Waals surface area contributed by atoms with Gasteiger partial charge in [-0.25, -0.2) is 4.39 Å². The van der Waals surface area contributed by atoms with Crippen LogP contribution in [0.2, 0.25) is 0 Å². The number of aromatic nitrogens is 3. The number of amides is 1. The van der Waals surface area contributed by atoms with Crippen molar-refractivity contribution < 1.29 is 18.3 Å². The fourth-order valence-corrected chi connectivity index (χ4v) is 4.19. The quantitative estimate of drug-likeness (QED) is 0.371. The van der Waals surface area contributed by atoms with Gasteiger partial charge in [0, 0.05) is 18.1 Å². The van der Waals surface area contributed by atoms with Gasteiger partial charge in [0.05, 0.1) is 5.69 Å². The van der Waals surface area contributed by atoms with Gasteiger partial charge in [0.25, 0.3) is 0 Å². The lowest BCUT2D eigenvalue weighted by Gasteiger charge is -2.28. The molecule has 2 aromatic heterocycles. The topological polar surface area (TPSA) is 81.3 Å². The predicted octanol–water partition coefficient (Wildman–Crippen LogP) is 5.49. The molecule has 0 aliphatic carbocycles. The Labute approximate surface area is 193 Å². The molecule has 1 aliphatic heterocycles. The molecule has 9 heteroatoms. The number of rotatable bonds is 4. The van der Waals surface area contributed by atoms with Crippen LogP contribution >= 0.6 is 11.8 Å². The number of carbonyl (C=O) groups is 1. The number of hydrogen-bond donors (Lipinski definition) is 0. The molecule has 0 spiro atoms. The molecule has 0 saturated heterocycles. The van der Waals surface area contributed by atoms with Gasteiger partial charge in [-0.2, -0.15) is 4.98 Å². The fraction of sp³-hybridized carbons (Fsp3) is 0.167. The highest BCUT2D eigenvalue weighted by atomic mass is 32.2. The van der Waals surface area contributed by atoms with E-state index in [1.54, 1.807) is 24.3 Å². The van der Waals surface area contributed by atoms with Gasteiger partial charge < -0.3 is 9.15 Å². The molecule has 0 radical (unpaired) electrons. The number of anilines is 1. The lowest BCUT2D eigenvalue weighted by molar-refractivity contribution is -0.118. The highest BCUT2D eigenvalue weighted by Crippen LogP contribution is 2.44. The van der Waals surface area contributed by atoms with Crippen LogP contribution < -0.4 is 9.64 Å². The van der Waals surface area contributed by atoms with E-state index in [9.17, 15) is 9.18 Å². The predicted molar refractivity (Wildman–Crippen MR) is 122 cm³/mol. The lowest BCUT2D eigenvalue weighted by Crippen LogP contribution is -2.35. The second-order valence-electron chi connectivity index (χ2n) is 7.27. The molecule has 4 aromatic rings. The summed E-state index contributed by atoms with van der Waals surface area (Å²) in [5, 5.41) is 9.05. The highest BCUT2D eigenvalue weighted by molar-refractivity contribution is 7.99. The number of thioether (sulfide) groups is 1. The molecule has 7 nitrogen and oxygen atoms in total. The molecule has 2 aromatic carbocycles. The number of para-hydroxylation sites is 1. The first-order valence-electron chi connectivity index (χ1n) is 10.3. The summed E-state index contributed by atoms with van der Waals surface area (Å²) in [6, 6.07) is 16.9. The van der Waals surface area contributed by atoms with Crippen molar-refractivity contribution in [3.63, 3.8) is 0 Å². The van der Waals surface area contributed by atoms with E-state index in [2.05, 4.69) is 15.2 Å². The molecule has 1 aliphatic rings. The van der Waals surface area contributed by atoms with Gasteiger partial charge in [-0.05, 0) is 48.2 Å². The molecular weight excluding hydrogens is 443 g/mol. The second-order valence-corrected chi connectivity index (χ2v) is 8.50. The summed E-state index contributed by atoms with van der Waals surface area (Å²) in [6.45, 7) is 3.46. The van der Waals surface area contributed by atoms with Crippen molar-refractivity contribution in [2.24, 2.45) is 0 Å². The number of halogens is 1. The molecule has 166 valence electrons. The Bertz CT molecular complexity index is 1330. The summed E-state index contributed by atoms with van der Waals surface area (Å²) in [5.74, 6) is 1.40. The smallest absolute Gasteiger partial charge is 0.247 e. The largest absolute Gasteiger partial charge is 0.455 e. The van der Waals surface area contributed by atoms with Crippen molar-refractivity contribution in [3.05, 3.63) is 72.2 Å². The van der Waals surface area contributed by atoms with Gasteiger partial charge in [-0.15, -0.1) is 10.2 Å². The zero-order chi connectivity index (χ0) is 22.9. The van der Waals surface area contributed by atoms with E-state index in [4.69, 9.17) is 9.15 Å². The van der Waals surface area contributed by atoms with Crippen LogP contribution in [0, 0.1) is 5.82 Å². The molecule has 0 bridgehead atoms. The van der Waals surface area contributed by atoms with Gasteiger partial charge in [0.1, 0.15) is 11.6 Å². The molecule has 3 heterocycles. The summed E-state index contributed by atoms with van der Waals surface area (Å²) in [7, 11) is 0. The Morgan fingerprint density at radius 1 is 1.09 bits per heavy atom. The molecular formula is C24H19FN4O3S. The van der Waals surface area contributed by atoms with E-state index in [1.165, 1.54) is 35.7 Å². The average molecular weight is 463 g/mol. The van der Waals surface area contributed by atoms with Crippen LogP contribution in [0.4, 0.5) is 10.1 Å². The van der Waals surface area contributed by atoms with E-state index < -0.39 is 6.23 Å². The maximum atomic E-state index is 13.3. The number of nitrogens with zero attached hydrogens (tertiary/aromatic N) is 4. The van der Waals surface area contributed by atoms with Crippen LogP contribution in [-0.4, -0.2) is 26.8 Å². The van der Waals surface area contributed by atoms with E-state index >= 15 is 0 Å². The van der Waals surface area contributed by atoms with Crippen LogP contribution in [0.25, 0.3) is 22.6 Å². The van der Waals surface area contributed by atoms with Crippen LogP contribution in [0.5, 0.6) is 5.88 Å². The van der Waals surface area contributed by atoms with E-state index in [0.717, 1.165) is 5.75 Å². The number of ether oxygens (including phenoxy) is 1. The van der Waals surface area contributed by atoms with Crippen molar-refractivity contribution in [3.8, 4) is 28.5 Å². The van der Waals surface area contributed by atoms with Gasteiger partial charge in [0.15, 0.2) is 11.5 Å². The Morgan fingerprint density at radius 3 is 2.64 bits per heavy atom. The van der Waals surface area contributed by atoms with Crippen molar-refractivity contribution in [1.82, 2.24) is 15.2 Å². The van der Waals surface area contributed by atoms with E-state index in [-0.39, 0.29) is 17.6 Å². The molecule has 0 fully saturated rings. The first kappa shape index (κ1) is 21.1. The Balaban J connectivity index is 1.64. The van der Waals surface area contributed by atoms with Crippen LogP contribution in [0.3, 0.4) is 0 Å². The minimum absolute atomic E-state index is 0.240. The first-order chi connectivity index (χ1) is 16.0. The Kier molecular flexibility index (Phi) is 5.55. The number of fused-ring (bicyclic) bond motifs is 3. The van der Waals surface area contributed by atoms with Crippen LogP contribution in [-0.2, 0) is 4.79 Å². The summed E-state index contributed by atoms with van der Waals surface area (Å²) in [6.07, 6.45) is -0.921.